The van der Waals surface area contributed by atoms with Crippen molar-refractivity contribution in [2.75, 3.05) is 17.2 Å². The summed E-state index contributed by atoms with van der Waals surface area (Å²) in [6.07, 6.45) is -0.764. The van der Waals surface area contributed by atoms with Crippen LogP contribution in [0.15, 0.2) is 39.9 Å². The van der Waals surface area contributed by atoms with Crippen molar-refractivity contribution in [2.45, 2.75) is 13.5 Å². The summed E-state index contributed by atoms with van der Waals surface area (Å²) in [5.74, 6) is 0. The van der Waals surface area contributed by atoms with E-state index < -0.39 is 17.0 Å². The van der Waals surface area contributed by atoms with E-state index in [0.717, 1.165) is 5.56 Å². The molecule has 0 spiro atoms. The lowest BCUT2D eigenvalue weighted by Crippen LogP contribution is -2.38. The summed E-state index contributed by atoms with van der Waals surface area (Å²) < 4.78 is 4.97. The minimum atomic E-state index is -0.764. The van der Waals surface area contributed by atoms with Crippen LogP contribution in [0.4, 0.5) is 16.2 Å². The van der Waals surface area contributed by atoms with E-state index in [1.807, 2.05) is 30.3 Å². The summed E-state index contributed by atoms with van der Waals surface area (Å²) in [4.78, 5) is 34.2. The number of hydrogen-bond acceptors (Lipinski definition) is 5. The molecule has 0 heterocycles. The number of amides is 1. The highest BCUT2D eigenvalue weighted by atomic mass is 16.5. The highest BCUT2D eigenvalue weighted by molar-refractivity contribution is 5.91. The third-order valence-electron chi connectivity index (χ3n) is 2.70. The van der Waals surface area contributed by atoms with Crippen molar-refractivity contribution in [2.24, 2.45) is 0 Å². The summed E-state index contributed by atoms with van der Waals surface area (Å²) in [5.41, 5.74) is -0.397. The van der Waals surface area contributed by atoms with E-state index in [9.17, 15) is 14.4 Å². The Bertz CT molecular complexity index is 672. The number of anilines is 2. The first-order valence-corrected chi connectivity index (χ1v) is 6.18. The van der Waals surface area contributed by atoms with Gasteiger partial charge in [-0.05, 0) is 12.5 Å². The van der Waals surface area contributed by atoms with Gasteiger partial charge in [0.2, 0.25) is 0 Å². The van der Waals surface area contributed by atoms with E-state index in [-0.39, 0.29) is 18.0 Å². The second kappa shape index (κ2) is 6.01. The minimum absolute atomic E-state index is 0.0325. The zero-order chi connectivity index (χ0) is 14.5. The maximum absolute atomic E-state index is 11.6. The summed E-state index contributed by atoms with van der Waals surface area (Å²) in [6, 6.07) is 9.14. The molecule has 0 saturated heterocycles. The van der Waals surface area contributed by atoms with Crippen LogP contribution in [-0.4, -0.2) is 12.6 Å². The Hall–Kier alpha value is -2.63. The first kappa shape index (κ1) is 13.8. The molecule has 0 aliphatic rings. The molecule has 2 N–H and O–H groups in total. The topological polar surface area (TPSA) is 84.5 Å². The Morgan fingerprint density at radius 1 is 1.10 bits per heavy atom. The highest BCUT2D eigenvalue weighted by Gasteiger charge is 2.22. The van der Waals surface area contributed by atoms with Gasteiger partial charge in [0.15, 0.2) is 0 Å². The van der Waals surface area contributed by atoms with Crippen LogP contribution < -0.4 is 21.5 Å². The summed E-state index contributed by atoms with van der Waals surface area (Å²) in [6.45, 7) is 2.37. The third kappa shape index (κ3) is 2.85. The van der Waals surface area contributed by atoms with E-state index in [0.29, 0.717) is 6.54 Å². The predicted molar refractivity (Wildman–Crippen MR) is 75.8 cm³/mol. The van der Waals surface area contributed by atoms with Gasteiger partial charge in [0.25, 0.3) is 10.9 Å². The first-order valence-electron chi connectivity index (χ1n) is 6.18. The molecule has 6 heteroatoms. The quantitative estimate of drug-likeness (QED) is 0.806. The van der Waals surface area contributed by atoms with Crippen molar-refractivity contribution in [3.05, 3.63) is 56.3 Å². The number of nitrogens with one attached hydrogen (secondary N) is 2. The minimum Gasteiger partial charge on any atom is -0.444 e. The lowest BCUT2D eigenvalue weighted by Gasteiger charge is -2.12. The van der Waals surface area contributed by atoms with E-state index in [1.165, 1.54) is 0 Å². The van der Waals surface area contributed by atoms with Crippen molar-refractivity contribution in [1.29, 1.82) is 0 Å². The Balaban J connectivity index is 1.94. The van der Waals surface area contributed by atoms with E-state index in [1.54, 1.807) is 6.92 Å². The summed E-state index contributed by atoms with van der Waals surface area (Å²) >= 11 is 0. The van der Waals surface area contributed by atoms with Crippen LogP contribution in [0.25, 0.3) is 0 Å². The van der Waals surface area contributed by atoms with E-state index in [2.05, 4.69) is 10.6 Å². The molecule has 6 nitrogen and oxygen atoms in total. The van der Waals surface area contributed by atoms with E-state index in [4.69, 9.17) is 4.74 Å². The Labute approximate surface area is 115 Å². The van der Waals surface area contributed by atoms with Crippen molar-refractivity contribution >= 4 is 17.5 Å². The molecule has 0 aliphatic carbocycles. The maximum Gasteiger partial charge on any atom is 0.412 e. The van der Waals surface area contributed by atoms with Crippen LogP contribution in [0, 0.1) is 0 Å². The molecule has 0 bridgehead atoms. The third-order valence-corrected chi connectivity index (χ3v) is 2.70. The summed E-state index contributed by atoms with van der Waals surface area (Å²) in [5, 5.41) is 5.02. The van der Waals surface area contributed by atoms with Crippen LogP contribution in [-0.2, 0) is 11.3 Å². The molecule has 1 amide bonds. The van der Waals surface area contributed by atoms with Gasteiger partial charge in [-0.15, -0.1) is 0 Å². The lowest BCUT2D eigenvalue weighted by atomic mass is 10.2. The van der Waals surface area contributed by atoms with Crippen LogP contribution >= 0.6 is 0 Å². The summed E-state index contributed by atoms with van der Waals surface area (Å²) in [7, 11) is 0. The van der Waals surface area contributed by atoms with Crippen molar-refractivity contribution in [1.82, 2.24) is 0 Å². The number of benzene rings is 1. The van der Waals surface area contributed by atoms with Gasteiger partial charge in [-0.3, -0.25) is 14.9 Å². The zero-order valence-electron chi connectivity index (χ0n) is 10.9. The van der Waals surface area contributed by atoms with Gasteiger partial charge in [0.05, 0.1) is 0 Å². The first-order chi connectivity index (χ1) is 9.63. The Morgan fingerprint density at radius 3 is 2.40 bits per heavy atom. The van der Waals surface area contributed by atoms with Crippen molar-refractivity contribution in [3.63, 3.8) is 0 Å². The number of hydrogen-bond donors (Lipinski definition) is 2. The molecule has 20 heavy (non-hydrogen) atoms. The fraction of sp³-hybridized carbons (Fsp3) is 0.214. The molecule has 2 rings (SSSR count). The van der Waals surface area contributed by atoms with Gasteiger partial charge >= 0.3 is 6.09 Å². The van der Waals surface area contributed by atoms with Gasteiger partial charge in [-0.2, -0.15) is 0 Å². The van der Waals surface area contributed by atoms with Crippen LogP contribution in [0.3, 0.4) is 0 Å². The molecule has 0 radical (unpaired) electrons. The second-order valence-corrected chi connectivity index (χ2v) is 4.13. The molecular weight excluding hydrogens is 260 g/mol. The average Bonchev–Trinajstić information content (AvgIpc) is 2.49. The average molecular weight is 274 g/mol. The molecule has 2 aromatic rings. The number of rotatable bonds is 5. The molecule has 0 unspecified atom stereocenters. The Kier molecular flexibility index (Phi) is 4.14. The zero-order valence-corrected chi connectivity index (χ0v) is 10.9. The number of ether oxygens (including phenoxy) is 1. The molecule has 104 valence electrons. The number of carbonyl (C=O) groups excluding carboxylic acids is 1. The molecule has 2 aromatic carbocycles. The van der Waals surface area contributed by atoms with Crippen molar-refractivity contribution < 1.29 is 9.53 Å². The molecule has 0 aromatic heterocycles. The maximum atomic E-state index is 11.6. The monoisotopic (exact) mass is 274 g/mol. The Morgan fingerprint density at radius 2 is 1.75 bits per heavy atom. The lowest BCUT2D eigenvalue weighted by molar-refractivity contribution is 0.155. The van der Waals surface area contributed by atoms with Crippen LogP contribution in [0.5, 0.6) is 0 Å². The van der Waals surface area contributed by atoms with Gasteiger partial charge < -0.3 is 10.1 Å². The largest absolute Gasteiger partial charge is 0.444 e. The van der Waals surface area contributed by atoms with Crippen molar-refractivity contribution in [3.8, 4) is 0 Å². The fourth-order valence-corrected chi connectivity index (χ4v) is 1.72. The van der Waals surface area contributed by atoms with Crippen LogP contribution in [0.1, 0.15) is 12.5 Å². The molecule has 0 saturated carbocycles. The van der Waals surface area contributed by atoms with Gasteiger partial charge in [0, 0.05) is 6.54 Å². The van der Waals surface area contributed by atoms with Gasteiger partial charge in [-0.1, -0.05) is 30.3 Å². The number of carbonyl (C=O) groups is 1. The molecule has 0 atom stereocenters. The fourth-order valence-electron chi connectivity index (χ4n) is 1.72. The molecule has 0 aliphatic heterocycles. The SMILES string of the molecule is CCNc1c(NC(=O)OCc2ccccc2)c(=O)c1=O. The molecular formula is C14H14N2O4. The van der Waals surface area contributed by atoms with Crippen LogP contribution in [0.2, 0.25) is 0 Å². The highest BCUT2D eigenvalue weighted by Crippen LogP contribution is 2.14. The van der Waals surface area contributed by atoms with Gasteiger partial charge in [0.1, 0.15) is 18.0 Å². The van der Waals surface area contributed by atoms with E-state index >= 15 is 0 Å². The molecule has 0 fully saturated rings. The predicted octanol–water partition coefficient (Wildman–Crippen LogP) is 1.46. The normalized spacial score (nSPS) is 10.2. The smallest absolute Gasteiger partial charge is 0.412 e. The van der Waals surface area contributed by atoms with Gasteiger partial charge in [-0.25, -0.2) is 4.79 Å². The second-order valence-electron chi connectivity index (χ2n) is 4.13. The standard InChI is InChI=1S/C14H14N2O4/c1-2-15-10-11(13(18)12(10)17)16-14(19)20-8-9-6-4-3-5-7-9/h3-7,15H,2,8H2,1H3,(H,16,19).